The predicted octanol–water partition coefficient (Wildman–Crippen LogP) is 3.05. The van der Waals surface area contributed by atoms with Gasteiger partial charge in [0.25, 0.3) is 0 Å². The minimum atomic E-state index is 0. The van der Waals surface area contributed by atoms with Crippen LogP contribution >= 0.6 is 24.0 Å². The fraction of sp³-hybridized carbons (Fsp3) is 0.350. The second-order valence-corrected chi connectivity index (χ2v) is 6.57. The summed E-state index contributed by atoms with van der Waals surface area (Å²) in [4.78, 5) is 17.6. The number of nitrogens with zero attached hydrogens (tertiary/aromatic N) is 5. The summed E-state index contributed by atoms with van der Waals surface area (Å²) in [6.45, 7) is 6.20. The first kappa shape index (κ1) is 20.4. The van der Waals surface area contributed by atoms with Crippen LogP contribution in [0.2, 0.25) is 0 Å². The summed E-state index contributed by atoms with van der Waals surface area (Å²) in [6, 6.07) is 9.97. The van der Waals surface area contributed by atoms with Crippen molar-refractivity contribution < 1.29 is 4.42 Å². The quantitative estimate of drug-likeness (QED) is 0.345. The Bertz CT molecular complexity index is 934. The topological polar surface area (TPSA) is 69.8 Å². The van der Waals surface area contributed by atoms with E-state index in [4.69, 9.17) is 4.42 Å². The summed E-state index contributed by atoms with van der Waals surface area (Å²) in [7, 11) is 1.82. The molecule has 3 heterocycles. The number of aromatic nitrogens is 2. The van der Waals surface area contributed by atoms with E-state index in [1.54, 1.807) is 12.4 Å². The maximum absolute atomic E-state index is 6.00. The monoisotopic (exact) mass is 492 g/mol. The van der Waals surface area contributed by atoms with Gasteiger partial charge >= 0.3 is 0 Å². The number of fused-ring (bicyclic) bond motifs is 1. The van der Waals surface area contributed by atoms with Crippen molar-refractivity contribution in [2.75, 3.05) is 38.1 Å². The molecule has 0 unspecified atom stereocenters. The molecule has 0 radical (unpaired) electrons. The lowest BCUT2D eigenvalue weighted by Gasteiger charge is -2.36. The maximum atomic E-state index is 6.00. The molecule has 148 valence electrons. The van der Waals surface area contributed by atoms with E-state index in [9.17, 15) is 0 Å². The number of nitrogens with one attached hydrogen (secondary N) is 1. The van der Waals surface area contributed by atoms with E-state index in [2.05, 4.69) is 43.1 Å². The second-order valence-electron chi connectivity index (χ2n) is 6.57. The number of aryl methyl sites for hydroxylation is 1. The van der Waals surface area contributed by atoms with Gasteiger partial charge in [0.1, 0.15) is 11.3 Å². The van der Waals surface area contributed by atoms with E-state index < -0.39 is 0 Å². The van der Waals surface area contributed by atoms with E-state index in [0.29, 0.717) is 6.54 Å². The Morgan fingerprint density at radius 1 is 1.11 bits per heavy atom. The highest BCUT2D eigenvalue weighted by Crippen LogP contribution is 2.24. The third-order valence-corrected chi connectivity index (χ3v) is 4.98. The summed E-state index contributed by atoms with van der Waals surface area (Å²) in [5.41, 5.74) is 2.11. The number of halogens is 1. The molecule has 3 aromatic rings. The molecule has 1 fully saturated rings. The molecule has 8 heteroatoms. The predicted molar refractivity (Wildman–Crippen MR) is 122 cm³/mol. The second kappa shape index (κ2) is 9.22. The number of anilines is 1. The van der Waals surface area contributed by atoms with E-state index in [-0.39, 0.29) is 24.0 Å². The Hall–Kier alpha value is -2.36. The highest BCUT2D eigenvalue weighted by atomic mass is 127. The highest BCUT2D eigenvalue weighted by Gasteiger charge is 2.21. The van der Waals surface area contributed by atoms with Crippen molar-refractivity contribution in [1.29, 1.82) is 0 Å². The Morgan fingerprint density at radius 2 is 1.82 bits per heavy atom. The molecule has 2 aromatic heterocycles. The molecule has 1 aromatic carbocycles. The van der Waals surface area contributed by atoms with Gasteiger partial charge in [-0.15, -0.1) is 24.0 Å². The summed E-state index contributed by atoms with van der Waals surface area (Å²) < 4.78 is 6.00. The summed E-state index contributed by atoms with van der Waals surface area (Å²) in [6.07, 6.45) is 3.57. The Morgan fingerprint density at radius 3 is 2.50 bits per heavy atom. The molecule has 1 saturated heterocycles. The van der Waals surface area contributed by atoms with Gasteiger partial charge in [0.15, 0.2) is 5.96 Å². The van der Waals surface area contributed by atoms with Crippen LogP contribution in [0, 0.1) is 6.92 Å². The zero-order valence-electron chi connectivity index (χ0n) is 16.1. The molecule has 28 heavy (non-hydrogen) atoms. The standard InChI is InChI=1S/C20H24N6O.HI/c1-15-16-6-3-4-7-17(16)27-18(15)14-24-19(21-2)25-10-12-26(13-11-25)20-22-8-5-9-23-20;/h3-9H,10-14H2,1-2H3,(H,21,24);1H. The van der Waals surface area contributed by atoms with Crippen molar-refractivity contribution in [3.63, 3.8) is 0 Å². The van der Waals surface area contributed by atoms with E-state index in [1.165, 1.54) is 10.9 Å². The average Bonchev–Trinajstić information content (AvgIpc) is 3.05. The largest absolute Gasteiger partial charge is 0.459 e. The van der Waals surface area contributed by atoms with Gasteiger partial charge < -0.3 is 19.5 Å². The fourth-order valence-electron chi connectivity index (χ4n) is 3.46. The van der Waals surface area contributed by atoms with Gasteiger partial charge in [-0.2, -0.15) is 0 Å². The Kier molecular flexibility index (Phi) is 6.71. The van der Waals surface area contributed by atoms with Gasteiger partial charge in [-0.05, 0) is 19.1 Å². The number of hydrogen-bond donors (Lipinski definition) is 1. The van der Waals surface area contributed by atoms with Crippen molar-refractivity contribution in [3.05, 3.63) is 54.0 Å². The summed E-state index contributed by atoms with van der Waals surface area (Å²) in [5, 5.41) is 4.61. The van der Waals surface area contributed by atoms with Gasteiger partial charge in [-0.3, -0.25) is 4.99 Å². The van der Waals surface area contributed by atoms with Gasteiger partial charge in [0.05, 0.1) is 6.54 Å². The number of para-hydroxylation sites is 1. The highest BCUT2D eigenvalue weighted by molar-refractivity contribution is 14.0. The summed E-state index contributed by atoms with van der Waals surface area (Å²) in [5.74, 6) is 2.63. The zero-order valence-corrected chi connectivity index (χ0v) is 18.5. The number of guanidine groups is 1. The van der Waals surface area contributed by atoms with Crippen LogP contribution in [0.4, 0.5) is 5.95 Å². The van der Waals surface area contributed by atoms with Crippen molar-refractivity contribution in [3.8, 4) is 0 Å². The Balaban J connectivity index is 0.00000225. The third-order valence-electron chi connectivity index (χ3n) is 4.98. The van der Waals surface area contributed by atoms with Gasteiger partial charge in [0.2, 0.25) is 5.95 Å². The molecule has 1 N–H and O–H groups in total. The van der Waals surface area contributed by atoms with Crippen molar-refractivity contribution in [2.45, 2.75) is 13.5 Å². The van der Waals surface area contributed by atoms with Crippen LogP contribution in [0.5, 0.6) is 0 Å². The average molecular weight is 492 g/mol. The van der Waals surface area contributed by atoms with Crippen LogP contribution < -0.4 is 10.2 Å². The minimum Gasteiger partial charge on any atom is -0.459 e. The number of furan rings is 1. The Labute approximate surface area is 181 Å². The fourth-order valence-corrected chi connectivity index (χ4v) is 3.46. The first-order valence-corrected chi connectivity index (χ1v) is 9.21. The summed E-state index contributed by atoms with van der Waals surface area (Å²) >= 11 is 0. The first-order chi connectivity index (χ1) is 13.3. The lowest BCUT2D eigenvalue weighted by atomic mass is 10.1. The van der Waals surface area contributed by atoms with Crippen LogP contribution in [-0.2, 0) is 6.54 Å². The van der Waals surface area contributed by atoms with E-state index in [1.807, 2.05) is 31.3 Å². The van der Waals surface area contributed by atoms with Gasteiger partial charge in [0, 0.05) is 56.6 Å². The maximum Gasteiger partial charge on any atom is 0.225 e. The zero-order chi connectivity index (χ0) is 18.6. The number of hydrogen-bond acceptors (Lipinski definition) is 5. The van der Waals surface area contributed by atoms with Crippen molar-refractivity contribution in [2.24, 2.45) is 4.99 Å². The lowest BCUT2D eigenvalue weighted by molar-refractivity contribution is 0.368. The SMILES string of the molecule is CN=C(NCc1oc2ccccc2c1C)N1CCN(c2ncccn2)CC1.I. The molecule has 0 atom stereocenters. The molecular weight excluding hydrogens is 467 g/mol. The van der Waals surface area contributed by atoms with Crippen LogP contribution in [0.15, 0.2) is 52.1 Å². The first-order valence-electron chi connectivity index (χ1n) is 9.21. The molecule has 7 nitrogen and oxygen atoms in total. The minimum absolute atomic E-state index is 0. The third kappa shape index (κ3) is 4.21. The molecule has 1 aliphatic heterocycles. The molecule has 0 saturated carbocycles. The molecular formula is C20H25IN6O. The number of rotatable bonds is 3. The van der Waals surface area contributed by atoms with Gasteiger partial charge in [-0.1, -0.05) is 18.2 Å². The van der Waals surface area contributed by atoms with Crippen LogP contribution in [0.25, 0.3) is 11.0 Å². The van der Waals surface area contributed by atoms with E-state index >= 15 is 0 Å². The van der Waals surface area contributed by atoms with Crippen LogP contribution in [0.1, 0.15) is 11.3 Å². The molecule has 0 spiro atoms. The smallest absolute Gasteiger partial charge is 0.225 e. The number of benzene rings is 1. The lowest BCUT2D eigenvalue weighted by Crippen LogP contribution is -2.52. The van der Waals surface area contributed by atoms with Crippen LogP contribution in [-0.4, -0.2) is 54.1 Å². The van der Waals surface area contributed by atoms with E-state index in [0.717, 1.165) is 49.4 Å². The van der Waals surface area contributed by atoms with Crippen molar-refractivity contribution >= 4 is 46.9 Å². The number of aliphatic imine (C=N–C) groups is 1. The van der Waals surface area contributed by atoms with Crippen molar-refractivity contribution in [1.82, 2.24) is 20.2 Å². The van der Waals surface area contributed by atoms with Crippen LogP contribution in [0.3, 0.4) is 0 Å². The molecule has 4 rings (SSSR count). The molecule has 0 aliphatic carbocycles. The molecule has 1 aliphatic rings. The molecule has 0 bridgehead atoms. The molecule has 0 amide bonds. The van der Waals surface area contributed by atoms with Gasteiger partial charge in [-0.25, -0.2) is 9.97 Å². The number of piperazine rings is 1. The normalized spacial score (nSPS) is 14.9.